The highest BCUT2D eigenvalue weighted by atomic mass is 32.1. The van der Waals surface area contributed by atoms with Gasteiger partial charge in [0.25, 0.3) is 0 Å². The molecule has 0 unspecified atom stereocenters. The Bertz CT molecular complexity index is 231. The molecule has 0 saturated carbocycles. The second-order valence-electron chi connectivity index (χ2n) is 2.24. The lowest BCUT2D eigenvalue weighted by molar-refractivity contribution is 0.0989. The fourth-order valence-corrected chi connectivity index (χ4v) is 1.05. The Hall–Kier alpha value is -0.760. The summed E-state index contributed by atoms with van der Waals surface area (Å²) < 4.78 is 0. The number of carbonyl (C=O) groups is 1. The Morgan fingerprint density at radius 3 is 2.45 bits per heavy atom. The van der Waals surface area contributed by atoms with Gasteiger partial charge in [-0.1, -0.05) is 43.0 Å². The molecule has 0 amide bonds. The average Bonchev–Trinajstić information content (AvgIpc) is 2.07. The van der Waals surface area contributed by atoms with E-state index >= 15 is 0 Å². The predicted molar refractivity (Wildman–Crippen MR) is 47.8 cm³/mol. The summed E-state index contributed by atoms with van der Waals surface area (Å²) in [5, 5.41) is 0. The molecule has 0 N–H and O–H groups in total. The normalized spacial score (nSPS) is 9.55. The molecule has 0 aliphatic heterocycles. The van der Waals surface area contributed by atoms with Crippen LogP contribution >= 0.6 is 12.6 Å². The molecule has 0 aliphatic carbocycles. The van der Waals surface area contributed by atoms with Crippen LogP contribution in [0.3, 0.4) is 0 Å². The van der Waals surface area contributed by atoms with Crippen molar-refractivity contribution >= 4 is 18.4 Å². The van der Waals surface area contributed by atoms with Crippen LogP contribution in [0.1, 0.15) is 16.8 Å². The van der Waals surface area contributed by atoms with Gasteiger partial charge >= 0.3 is 0 Å². The first-order valence-corrected chi connectivity index (χ1v) is 4.08. The minimum absolute atomic E-state index is 0.139. The van der Waals surface area contributed by atoms with Gasteiger partial charge in [-0.15, -0.1) is 0 Å². The zero-order chi connectivity index (χ0) is 8.10. The van der Waals surface area contributed by atoms with Gasteiger partial charge in [-0.05, 0) is 0 Å². The highest BCUT2D eigenvalue weighted by molar-refractivity contribution is 7.80. The Morgan fingerprint density at radius 2 is 1.91 bits per heavy atom. The monoisotopic (exact) mass is 165 g/mol. The van der Waals surface area contributed by atoms with Crippen molar-refractivity contribution in [2.75, 3.05) is 5.75 Å². The van der Waals surface area contributed by atoms with Crippen molar-refractivity contribution in [1.82, 2.24) is 0 Å². The molecule has 1 aromatic carbocycles. The largest absolute Gasteiger partial charge is 0.294 e. The summed E-state index contributed by atoms with van der Waals surface area (Å²) in [5.74, 6) is 0.647. The van der Waals surface area contributed by atoms with Gasteiger partial charge in [-0.2, -0.15) is 0 Å². The van der Waals surface area contributed by atoms with E-state index in [0.717, 1.165) is 5.56 Å². The van der Waals surface area contributed by atoms with Gasteiger partial charge in [0.05, 0.1) is 0 Å². The molecule has 1 radical (unpaired) electrons. The van der Waals surface area contributed by atoms with Crippen molar-refractivity contribution < 1.29 is 4.79 Å². The third kappa shape index (κ3) is 2.39. The zero-order valence-electron chi connectivity index (χ0n) is 6.12. The van der Waals surface area contributed by atoms with Crippen LogP contribution in [-0.4, -0.2) is 11.5 Å². The molecule has 0 heterocycles. The van der Waals surface area contributed by atoms with Gasteiger partial charge in [-0.3, -0.25) is 4.79 Å². The van der Waals surface area contributed by atoms with E-state index in [0.29, 0.717) is 12.2 Å². The average molecular weight is 165 g/mol. The van der Waals surface area contributed by atoms with Crippen LogP contribution in [0.4, 0.5) is 0 Å². The summed E-state index contributed by atoms with van der Waals surface area (Å²) in [6.45, 7) is 0. The van der Waals surface area contributed by atoms with Crippen LogP contribution in [-0.2, 0) is 0 Å². The minimum atomic E-state index is 0.139. The quantitative estimate of drug-likeness (QED) is 0.629. The molecule has 0 spiro atoms. The van der Waals surface area contributed by atoms with Gasteiger partial charge in [0.1, 0.15) is 0 Å². The molecule has 57 valence electrons. The first-order valence-electron chi connectivity index (χ1n) is 3.51. The van der Waals surface area contributed by atoms with E-state index in [1.807, 2.05) is 30.3 Å². The van der Waals surface area contributed by atoms with Crippen LogP contribution in [0.15, 0.2) is 30.3 Å². The van der Waals surface area contributed by atoms with E-state index in [1.54, 1.807) is 0 Å². The number of hydrogen-bond donors (Lipinski definition) is 0. The standard InChI is InChI=1S/C9H9OS/c10-9(6-7-11)8-4-2-1-3-5-8/h1-5H,6-7H2. The Kier molecular flexibility index (Phi) is 3.17. The highest BCUT2D eigenvalue weighted by Gasteiger charge is 2.01. The summed E-state index contributed by atoms with van der Waals surface area (Å²) in [6.07, 6.45) is 0.472. The van der Waals surface area contributed by atoms with Crippen LogP contribution in [0, 0.1) is 0 Å². The molecule has 0 atom stereocenters. The maximum atomic E-state index is 11.2. The van der Waals surface area contributed by atoms with Crippen molar-refractivity contribution in [1.29, 1.82) is 0 Å². The second kappa shape index (κ2) is 4.19. The lowest BCUT2D eigenvalue weighted by atomic mass is 10.1. The molecule has 0 fully saturated rings. The van der Waals surface area contributed by atoms with Crippen molar-refractivity contribution in [3.8, 4) is 0 Å². The fourth-order valence-electron chi connectivity index (χ4n) is 0.861. The lowest BCUT2D eigenvalue weighted by Gasteiger charge is -1.95. The topological polar surface area (TPSA) is 17.1 Å². The number of hydrogen-bond acceptors (Lipinski definition) is 1. The molecular weight excluding hydrogens is 156 g/mol. The molecule has 0 bridgehead atoms. The molecule has 1 nitrogen and oxygen atoms in total. The highest BCUT2D eigenvalue weighted by Crippen LogP contribution is 2.02. The lowest BCUT2D eigenvalue weighted by Crippen LogP contribution is -1.98. The Labute approximate surface area is 71.8 Å². The fraction of sp³-hybridized carbons (Fsp3) is 0.222. The number of carbonyl (C=O) groups excluding carboxylic acids is 1. The molecular formula is C9H9OS. The summed E-state index contributed by atoms with van der Waals surface area (Å²) in [6, 6.07) is 9.23. The molecule has 0 aliphatic rings. The van der Waals surface area contributed by atoms with Crippen molar-refractivity contribution in [3.63, 3.8) is 0 Å². The summed E-state index contributed by atoms with van der Waals surface area (Å²) >= 11 is 4.71. The van der Waals surface area contributed by atoms with Crippen molar-refractivity contribution in [3.05, 3.63) is 35.9 Å². The number of ketones is 1. The first-order chi connectivity index (χ1) is 5.34. The van der Waals surface area contributed by atoms with E-state index in [9.17, 15) is 4.79 Å². The summed E-state index contributed by atoms with van der Waals surface area (Å²) in [5.41, 5.74) is 0.761. The van der Waals surface area contributed by atoms with E-state index in [2.05, 4.69) is 0 Å². The van der Waals surface area contributed by atoms with E-state index in [1.165, 1.54) is 0 Å². The maximum Gasteiger partial charge on any atom is 0.163 e. The minimum Gasteiger partial charge on any atom is -0.294 e. The predicted octanol–water partition coefficient (Wildman–Crippen LogP) is 2.46. The van der Waals surface area contributed by atoms with Gasteiger partial charge in [0, 0.05) is 17.7 Å². The Balaban J connectivity index is 2.69. The SMILES string of the molecule is O=C(CC[S])c1ccccc1. The summed E-state index contributed by atoms with van der Waals surface area (Å²) in [7, 11) is 0. The molecule has 1 rings (SSSR count). The van der Waals surface area contributed by atoms with Crippen molar-refractivity contribution in [2.45, 2.75) is 6.42 Å². The second-order valence-corrected chi connectivity index (χ2v) is 2.65. The summed E-state index contributed by atoms with van der Waals surface area (Å²) in [4.78, 5) is 11.2. The van der Waals surface area contributed by atoms with E-state index in [-0.39, 0.29) is 5.78 Å². The zero-order valence-corrected chi connectivity index (χ0v) is 6.93. The molecule has 11 heavy (non-hydrogen) atoms. The first kappa shape index (κ1) is 8.34. The van der Waals surface area contributed by atoms with E-state index in [4.69, 9.17) is 12.6 Å². The van der Waals surface area contributed by atoms with Crippen molar-refractivity contribution in [2.24, 2.45) is 0 Å². The molecule has 0 saturated heterocycles. The molecule has 1 aromatic rings. The van der Waals surface area contributed by atoms with Crippen LogP contribution in [0.5, 0.6) is 0 Å². The van der Waals surface area contributed by atoms with Crippen LogP contribution < -0.4 is 0 Å². The van der Waals surface area contributed by atoms with E-state index < -0.39 is 0 Å². The number of Topliss-reactive ketones (excluding diaryl/α,β-unsaturated/α-hetero) is 1. The maximum absolute atomic E-state index is 11.2. The Morgan fingerprint density at radius 1 is 1.27 bits per heavy atom. The van der Waals surface area contributed by atoms with Crippen LogP contribution in [0.2, 0.25) is 0 Å². The number of rotatable bonds is 3. The third-order valence-corrected chi connectivity index (χ3v) is 1.63. The third-order valence-electron chi connectivity index (χ3n) is 1.42. The number of benzene rings is 1. The van der Waals surface area contributed by atoms with Gasteiger partial charge in [-0.25, -0.2) is 0 Å². The smallest absolute Gasteiger partial charge is 0.163 e. The van der Waals surface area contributed by atoms with Gasteiger partial charge in [0.15, 0.2) is 5.78 Å². The van der Waals surface area contributed by atoms with Crippen LogP contribution in [0.25, 0.3) is 0 Å². The van der Waals surface area contributed by atoms with Gasteiger partial charge < -0.3 is 0 Å². The molecule has 0 aromatic heterocycles. The molecule has 2 heteroatoms. The van der Waals surface area contributed by atoms with Gasteiger partial charge in [0.2, 0.25) is 0 Å².